The molecular formula is C22H22ClN3O2. The maximum atomic E-state index is 11.9. The van der Waals surface area contributed by atoms with Crippen LogP contribution in [0.15, 0.2) is 53.6 Å². The average Bonchev–Trinajstić information content (AvgIpc) is 2.67. The fourth-order valence-corrected chi connectivity index (χ4v) is 2.86. The lowest BCUT2D eigenvalue weighted by Crippen LogP contribution is -2.24. The monoisotopic (exact) mass is 395 g/mol. The second-order valence-corrected chi connectivity index (χ2v) is 7.23. The number of aryl methyl sites for hydroxylation is 1. The highest BCUT2D eigenvalue weighted by molar-refractivity contribution is 6.32. The Hall–Kier alpha value is -2.92. The normalized spacial score (nSPS) is 11.3. The number of hydrogen-bond acceptors (Lipinski definition) is 4. The topological polar surface area (TPSA) is 63.6 Å². The highest BCUT2D eigenvalue weighted by Crippen LogP contribution is 2.20. The molecule has 1 aromatic heterocycles. The number of aromatic nitrogens is 1. The number of hydrogen-bond donors (Lipinski definition) is 1. The number of ether oxygens (including phenoxy) is 1. The smallest absolute Gasteiger partial charge is 0.277 e. The zero-order chi connectivity index (χ0) is 20.1. The van der Waals surface area contributed by atoms with Gasteiger partial charge in [0.15, 0.2) is 6.61 Å². The van der Waals surface area contributed by atoms with Gasteiger partial charge in [0.05, 0.1) is 11.7 Å². The SMILES string of the molecule is Cc1ccc2cc(/C=N\NC(=O)COc3ccc(C(C)C)cc3)c(Cl)nc2c1. The molecule has 0 aliphatic rings. The van der Waals surface area contributed by atoms with Gasteiger partial charge in [0.1, 0.15) is 10.9 Å². The minimum absolute atomic E-state index is 0.124. The van der Waals surface area contributed by atoms with Crippen LogP contribution in [0.2, 0.25) is 5.15 Å². The molecule has 0 unspecified atom stereocenters. The number of pyridine rings is 1. The number of nitrogens with one attached hydrogen (secondary N) is 1. The summed E-state index contributed by atoms with van der Waals surface area (Å²) in [5.74, 6) is 0.734. The van der Waals surface area contributed by atoms with Gasteiger partial charge in [-0.15, -0.1) is 0 Å². The van der Waals surface area contributed by atoms with Crippen molar-refractivity contribution in [2.45, 2.75) is 26.7 Å². The first-order valence-electron chi connectivity index (χ1n) is 9.04. The fourth-order valence-electron chi connectivity index (χ4n) is 2.66. The van der Waals surface area contributed by atoms with Gasteiger partial charge >= 0.3 is 0 Å². The van der Waals surface area contributed by atoms with Crippen LogP contribution in [0.4, 0.5) is 0 Å². The Morgan fingerprint density at radius 3 is 2.68 bits per heavy atom. The minimum Gasteiger partial charge on any atom is -0.484 e. The molecule has 0 aliphatic carbocycles. The third-order valence-corrected chi connectivity index (χ3v) is 4.57. The maximum absolute atomic E-state index is 11.9. The lowest BCUT2D eigenvalue weighted by atomic mass is 10.0. The molecule has 0 bridgehead atoms. The van der Waals surface area contributed by atoms with Crippen LogP contribution in [0, 0.1) is 6.92 Å². The predicted octanol–water partition coefficient (Wildman–Crippen LogP) is 4.85. The van der Waals surface area contributed by atoms with Gasteiger partial charge in [0.25, 0.3) is 5.91 Å². The molecule has 6 heteroatoms. The van der Waals surface area contributed by atoms with Crippen molar-refractivity contribution < 1.29 is 9.53 Å². The molecule has 0 radical (unpaired) electrons. The predicted molar refractivity (Wildman–Crippen MR) is 113 cm³/mol. The van der Waals surface area contributed by atoms with E-state index in [0.29, 0.717) is 22.4 Å². The van der Waals surface area contributed by atoms with Gasteiger partial charge in [-0.25, -0.2) is 10.4 Å². The molecule has 1 heterocycles. The van der Waals surface area contributed by atoms with Crippen LogP contribution in [-0.2, 0) is 4.79 Å². The molecule has 0 atom stereocenters. The number of benzene rings is 2. The van der Waals surface area contributed by atoms with E-state index in [9.17, 15) is 4.79 Å². The van der Waals surface area contributed by atoms with Crippen molar-refractivity contribution in [2.75, 3.05) is 6.61 Å². The van der Waals surface area contributed by atoms with Crippen molar-refractivity contribution in [3.05, 3.63) is 70.4 Å². The van der Waals surface area contributed by atoms with E-state index < -0.39 is 0 Å². The van der Waals surface area contributed by atoms with E-state index >= 15 is 0 Å². The molecule has 0 spiro atoms. The minimum atomic E-state index is -0.357. The average molecular weight is 396 g/mol. The highest BCUT2D eigenvalue weighted by atomic mass is 35.5. The van der Waals surface area contributed by atoms with Crippen molar-refractivity contribution in [1.29, 1.82) is 0 Å². The number of amides is 1. The van der Waals surface area contributed by atoms with Gasteiger partial charge in [-0.2, -0.15) is 5.10 Å². The molecular weight excluding hydrogens is 374 g/mol. The summed E-state index contributed by atoms with van der Waals surface area (Å²) in [6.45, 7) is 6.13. The second kappa shape index (κ2) is 8.85. The van der Waals surface area contributed by atoms with Crippen LogP contribution < -0.4 is 10.2 Å². The lowest BCUT2D eigenvalue weighted by Gasteiger charge is -2.08. The van der Waals surface area contributed by atoms with Crippen molar-refractivity contribution in [2.24, 2.45) is 5.10 Å². The molecule has 0 fully saturated rings. The Morgan fingerprint density at radius 1 is 1.21 bits per heavy atom. The van der Waals surface area contributed by atoms with Gasteiger partial charge < -0.3 is 4.74 Å². The Labute approximate surface area is 169 Å². The van der Waals surface area contributed by atoms with Crippen LogP contribution in [0.3, 0.4) is 0 Å². The summed E-state index contributed by atoms with van der Waals surface area (Å²) in [5.41, 5.74) is 6.22. The van der Waals surface area contributed by atoms with Gasteiger partial charge in [-0.1, -0.05) is 49.7 Å². The van der Waals surface area contributed by atoms with Gasteiger partial charge in [0, 0.05) is 10.9 Å². The summed E-state index contributed by atoms with van der Waals surface area (Å²) in [7, 11) is 0. The van der Waals surface area contributed by atoms with Crippen LogP contribution in [0.25, 0.3) is 10.9 Å². The molecule has 1 N–H and O–H groups in total. The maximum Gasteiger partial charge on any atom is 0.277 e. The number of carbonyl (C=O) groups is 1. The molecule has 3 aromatic rings. The van der Waals surface area contributed by atoms with E-state index in [4.69, 9.17) is 16.3 Å². The number of hydrazone groups is 1. The molecule has 0 aliphatic heterocycles. The summed E-state index contributed by atoms with van der Waals surface area (Å²) < 4.78 is 5.47. The van der Waals surface area contributed by atoms with Crippen LogP contribution in [0.5, 0.6) is 5.75 Å². The summed E-state index contributed by atoms with van der Waals surface area (Å²) >= 11 is 6.21. The Bertz CT molecular complexity index is 1010. The summed E-state index contributed by atoms with van der Waals surface area (Å²) in [6.07, 6.45) is 1.48. The van der Waals surface area contributed by atoms with Crippen LogP contribution >= 0.6 is 11.6 Å². The molecule has 144 valence electrons. The quantitative estimate of drug-likeness (QED) is 0.368. The van der Waals surface area contributed by atoms with E-state index in [0.717, 1.165) is 16.5 Å². The van der Waals surface area contributed by atoms with E-state index in [2.05, 4.69) is 29.4 Å². The first-order valence-corrected chi connectivity index (χ1v) is 9.42. The summed E-state index contributed by atoms with van der Waals surface area (Å²) in [5, 5.41) is 5.23. The van der Waals surface area contributed by atoms with E-state index in [-0.39, 0.29) is 12.5 Å². The standard InChI is InChI=1S/C22H22ClN3O2/c1-14(2)16-6-8-19(9-7-16)28-13-21(27)26-24-12-18-11-17-5-4-15(3)10-20(17)25-22(18)23/h4-12,14H,13H2,1-3H3,(H,26,27)/b24-12-. The second-order valence-electron chi connectivity index (χ2n) is 6.87. The molecule has 0 saturated heterocycles. The summed E-state index contributed by atoms with van der Waals surface area (Å²) in [6, 6.07) is 15.5. The molecule has 0 saturated carbocycles. The van der Waals surface area contributed by atoms with E-state index in [1.54, 1.807) is 0 Å². The lowest BCUT2D eigenvalue weighted by molar-refractivity contribution is -0.123. The highest BCUT2D eigenvalue weighted by Gasteiger charge is 2.05. The number of fused-ring (bicyclic) bond motifs is 1. The molecule has 3 rings (SSSR count). The number of rotatable bonds is 6. The number of nitrogens with zero attached hydrogens (tertiary/aromatic N) is 2. The first-order chi connectivity index (χ1) is 13.4. The van der Waals surface area contributed by atoms with Crippen molar-refractivity contribution in [1.82, 2.24) is 10.4 Å². The number of halogens is 1. The molecule has 2 aromatic carbocycles. The van der Waals surface area contributed by atoms with Gasteiger partial charge in [0.2, 0.25) is 0 Å². The van der Waals surface area contributed by atoms with Crippen molar-refractivity contribution in [3.8, 4) is 5.75 Å². The van der Waals surface area contributed by atoms with E-state index in [1.807, 2.05) is 55.5 Å². The van der Waals surface area contributed by atoms with Crippen molar-refractivity contribution >= 4 is 34.6 Å². The molecule has 1 amide bonds. The zero-order valence-electron chi connectivity index (χ0n) is 16.1. The van der Waals surface area contributed by atoms with Crippen LogP contribution in [0.1, 0.15) is 36.5 Å². The van der Waals surface area contributed by atoms with Gasteiger partial charge in [-0.3, -0.25) is 4.79 Å². The largest absolute Gasteiger partial charge is 0.484 e. The number of carbonyl (C=O) groups excluding carboxylic acids is 1. The Balaban J connectivity index is 1.56. The Kier molecular flexibility index (Phi) is 6.26. The summed E-state index contributed by atoms with van der Waals surface area (Å²) in [4.78, 5) is 16.3. The first kappa shape index (κ1) is 19.8. The third kappa shape index (κ3) is 5.08. The molecule has 28 heavy (non-hydrogen) atoms. The van der Waals surface area contributed by atoms with E-state index in [1.165, 1.54) is 11.8 Å². The van der Waals surface area contributed by atoms with Gasteiger partial charge in [-0.05, 0) is 48.2 Å². The third-order valence-electron chi connectivity index (χ3n) is 4.26. The Morgan fingerprint density at radius 2 is 1.96 bits per heavy atom. The fraction of sp³-hybridized carbons (Fsp3) is 0.227. The van der Waals surface area contributed by atoms with Crippen LogP contribution in [-0.4, -0.2) is 23.7 Å². The zero-order valence-corrected chi connectivity index (χ0v) is 16.8. The molecule has 5 nitrogen and oxygen atoms in total. The van der Waals surface area contributed by atoms with Crippen molar-refractivity contribution in [3.63, 3.8) is 0 Å².